The third-order valence-electron chi connectivity index (χ3n) is 3.91. The summed E-state index contributed by atoms with van der Waals surface area (Å²) in [5, 5.41) is 8.11. The number of benzene rings is 2. The third kappa shape index (κ3) is 6.90. The van der Waals surface area contributed by atoms with E-state index in [1.807, 2.05) is 0 Å². The number of ether oxygens (including phenoxy) is 3. The Hall–Kier alpha value is -2.20. The first-order valence-electron chi connectivity index (χ1n) is 8.59. The Balaban J connectivity index is 2.19. The van der Waals surface area contributed by atoms with Crippen molar-refractivity contribution in [2.75, 3.05) is 26.6 Å². The molecule has 2 aromatic carbocycles. The quantitative estimate of drug-likeness (QED) is 0.292. The van der Waals surface area contributed by atoms with Crippen LogP contribution in [0.1, 0.15) is 10.4 Å². The molecule has 2 aromatic rings. The number of thiocarbonyl (C=S) groups is 1. The molecule has 168 valence electrons. The molecule has 0 bridgehead atoms. The molecule has 0 aliphatic rings. The van der Waals surface area contributed by atoms with Gasteiger partial charge in [0.15, 0.2) is 16.6 Å². The van der Waals surface area contributed by atoms with Crippen molar-refractivity contribution in [2.45, 2.75) is 9.96 Å². The lowest BCUT2D eigenvalue weighted by molar-refractivity contribution is 0.0933. The van der Waals surface area contributed by atoms with Crippen LogP contribution >= 0.6 is 47.0 Å². The summed E-state index contributed by atoms with van der Waals surface area (Å²) < 4.78 is 26.8. The molecule has 0 radical (unpaired) electrons. The van der Waals surface area contributed by atoms with E-state index in [9.17, 15) is 9.18 Å². The van der Waals surface area contributed by atoms with Crippen molar-refractivity contribution in [3.05, 3.63) is 47.8 Å². The second-order valence-corrected chi connectivity index (χ2v) is 8.74. The van der Waals surface area contributed by atoms with E-state index in [0.717, 1.165) is 0 Å². The predicted octanol–water partition coefficient (Wildman–Crippen LogP) is 4.26. The topological polar surface area (TPSA) is 80.9 Å². The monoisotopic (exact) mass is 509 g/mol. The summed E-state index contributed by atoms with van der Waals surface area (Å²) in [4.78, 5) is 12.8. The molecule has 31 heavy (non-hydrogen) atoms. The number of carbonyl (C=O) groups excluding carboxylic acids is 1. The van der Waals surface area contributed by atoms with Crippen LogP contribution in [0.5, 0.6) is 17.2 Å². The summed E-state index contributed by atoms with van der Waals surface area (Å²) in [5.74, 6) is -0.131. The first kappa shape index (κ1) is 25.1. The number of rotatable bonds is 7. The molecule has 0 fully saturated rings. The summed E-state index contributed by atoms with van der Waals surface area (Å²) >= 11 is 23.2. The van der Waals surface area contributed by atoms with Crippen molar-refractivity contribution in [2.24, 2.45) is 0 Å². The van der Waals surface area contributed by atoms with E-state index >= 15 is 0 Å². The Morgan fingerprint density at radius 2 is 1.55 bits per heavy atom. The molecule has 2 rings (SSSR count). The van der Waals surface area contributed by atoms with Gasteiger partial charge < -0.3 is 30.2 Å². The van der Waals surface area contributed by atoms with Gasteiger partial charge in [-0.1, -0.05) is 34.8 Å². The molecule has 0 saturated heterocycles. The standard InChI is InChI=1S/C19H19Cl3FN3O4S/c1-28-13-8-10(9-14(29-2)15(13)30-3)16(27)25-17(19(20,21)22)26-18(31)24-12-6-4-11(23)5-7-12/h4-9,17H,1-3H3,(H,25,27)(H2,24,26,31)/t17-/m1/s1. The second kappa shape index (κ2) is 10.9. The van der Waals surface area contributed by atoms with E-state index in [0.29, 0.717) is 11.4 Å². The number of methoxy groups -OCH3 is 3. The smallest absolute Gasteiger partial charge is 0.253 e. The summed E-state index contributed by atoms with van der Waals surface area (Å²) in [7, 11) is 4.28. The van der Waals surface area contributed by atoms with Crippen molar-refractivity contribution in [1.82, 2.24) is 10.6 Å². The molecular formula is C19H19Cl3FN3O4S. The number of nitrogens with one attached hydrogen (secondary N) is 3. The molecule has 0 aliphatic heterocycles. The number of alkyl halides is 3. The molecule has 3 N–H and O–H groups in total. The lowest BCUT2D eigenvalue weighted by atomic mass is 10.1. The molecule has 12 heteroatoms. The zero-order valence-corrected chi connectivity index (χ0v) is 19.7. The van der Waals surface area contributed by atoms with Gasteiger partial charge in [-0.2, -0.15) is 0 Å². The maximum atomic E-state index is 13.0. The van der Waals surface area contributed by atoms with Crippen LogP contribution in [0.2, 0.25) is 0 Å². The maximum Gasteiger partial charge on any atom is 0.253 e. The lowest BCUT2D eigenvalue weighted by Crippen LogP contribution is -2.56. The van der Waals surface area contributed by atoms with Gasteiger partial charge >= 0.3 is 0 Å². The van der Waals surface area contributed by atoms with Gasteiger partial charge in [-0.15, -0.1) is 0 Å². The second-order valence-electron chi connectivity index (χ2n) is 5.97. The van der Waals surface area contributed by atoms with Crippen LogP contribution in [0.15, 0.2) is 36.4 Å². The van der Waals surface area contributed by atoms with Crippen LogP contribution in [-0.2, 0) is 0 Å². The van der Waals surface area contributed by atoms with Crippen molar-refractivity contribution < 1.29 is 23.4 Å². The first-order valence-corrected chi connectivity index (χ1v) is 10.1. The normalized spacial score (nSPS) is 11.8. The van der Waals surface area contributed by atoms with Crippen LogP contribution in [-0.4, -0.2) is 42.3 Å². The van der Waals surface area contributed by atoms with Gasteiger partial charge in [0.05, 0.1) is 21.3 Å². The molecule has 1 atom stereocenters. The molecule has 0 aliphatic carbocycles. The molecule has 1 amide bonds. The van der Waals surface area contributed by atoms with Crippen LogP contribution in [0.3, 0.4) is 0 Å². The summed E-state index contributed by atoms with van der Waals surface area (Å²) in [6, 6.07) is 8.35. The highest BCUT2D eigenvalue weighted by molar-refractivity contribution is 7.80. The van der Waals surface area contributed by atoms with E-state index in [4.69, 9.17) is 61.2 Å². The highest BCUT2D eigenvalue weighted by Crippen LogP contribution is 2.38. The Bertz CT molecular complexity index is 917. The zero-order valence-electron chi connectivity index (χ0n) is 16.6. The van der Waals surface area contributed by atoms with Gasteiger partial charge in [-0.05, 0) is 48.6 Å². The van der Waals surface area contributed by atoms with E-state index in [2.05, 4.69) is 16.0 Å². The van der Waals surface area contributed by atoms with Crippen LogP contribution in [0, 0.1) is 5.82 Å². The number of carbonyl (C=O) groups is 1. The number of anilines is 1. The predicted molar refractivity (Wildman–Crippen MR) is 123 cm³/mol. The fourth-order valence-corrected chi connectivity index (χ4v) is 3.02. The number of hydrogen-bond donors (Lipinski definition) is 3. The first-order chi connectivity index (χ1) is 14.6. The Morgan fingerprint density at radius 1 is 1.00 bits per heavy atom. The minimum absolute atomic E-state index is 0.0353. The minimum atomic E-state index is -1.97. The Kier molecular flexibility index (Phi) is 8.81. The van der Waals surface area contributed by atoms with Gasteiger partial charge in [0.1, 0.15) is 12.0 Å². The van der Waals surface area contributed by atoms with Crippen LogP contribution < -0.4 is 30.2 Å². The van der Waals surface area contributed by atoms with Gasteiger partial charge in [0.25, 0.3) is 5.91 Å². The number of hydrogen-bond acceptors (Lipinski definition) is 5. The van der Waals surface area contributed by atoms with Crippen molar-refractivity contribution in [3.8, 4) is 17.2 Å². The number of amides is 1. The van der Waals surface area contributed by atoms with E-state index in [1.54, 1.807) is 0 Å². The third-order valence-corrected chi connectivity index (χ3v) is 4.78. The molecule has 0 spiro atoms. The fraction of sp³-hybridized carbons (Fsp3) is 0.263. The van der Waals surface area contributed by atoms with E-state index in [1.165, 1.54) is 57.7 Å². The van der Waals surface area contributed by atoms with Crippen LogP contribution in [0.4, 0.5) is 10.1 Å². The van der Waals surface area contributed by atoms with Gasteiger partial charge in [-0.25, -0.2) is 4.39 Å². The molecule has 0 heterocycles. The molecular weight excluding hydrogens is 492 g/mol. The van der Waals surface area contributed by atoms with Crippen LogP contribution in [0.25, 0.3) is 0 Å². The molecule has 7 nitrogen and oxygen atoms in total. The number of halogens is 4. The SMILES string of the molecule is COc1cc(C(=O)N[C@H](NC(=S)Nc2ccc(F)cc2)C(Cl)(Cl)Cl)cc(OC)c1OC. The summed E-state index contributed by atoms with van der Waals surface area (Å²) in [6.07, 6.45) is -1.22. The van der Waals surface area contributed by atoms with Gasteiger partial charge in [0, 0.05) is 11.3 Å². The molecule has 0 saturated carbocycles. The van der Waals surface area contributed by atoms with Crippen molar-refractivity contribution in [1.29, 1.82) is 0 Å². The Morgan fingerprint density at radius 3 is 2.00 bits per heavy atom. The van der Waals surface area contributed by atoms with E-state index < -0.39 is 21.7 Å². The molecule has 0 aromatic heterocycles. The highest BCUT2D eigenvalue weighted by Gasteiger charge is 2.35. The average Bonchev–Trinajstić information content (AvgIpc) is 2.72. The molecule has 0 unspecified atom stereocenters. The largest absolute Gasteiger partial charge is 0.493 e. The van der Waals surface area contributed by atoms with Gasteiger partial charge in [-0.3, -0.25) is 4.79 Å². The van der Waals surface area contributed by atoms with Gasteiger partial charge in [0.2, 0.25) is 9.54 Å². The van der Waals surface area contributed by atoms with Crippen molar-refractivity contribution >= 4 is 63.7 Å². The fourth-order valence-electron chi connectivity index (χ4n) is 2.46. The lowest BCUT2D eigenvalue weighted by Gasteiger charge is -2.28. The minimum Gasteiger partial charge on any atom is -0.493 e. The van der Waals surface area contributed by atoms with E-state index in [-0.39, 0.29) is 22.2 Å². The maximum absolute atomic E-state index is 13.0. The zero-order chi connectivity index (χ0) is 23.2. The average molecular weight is 511 g/mol. The van der Waals surface area contributed by atoms with Crippen molar-refractivity contribution in [3.63, 3.8) is 0 Å². The summed E-state index contributed by atoms with van der Waals surface area (Å²) in [6.45, 7) is 0. The highest BCUT2D eigenvalue weighted by atomic mass is 35.6. The summed E-state index contributed by atoms with van der Waals surface area (Å²) in [5.41, 5.74) is 0.658. The Labute approximate surface area is 199 Å².